The first kappa shape index (κ1) is 7.84. The van der Waals surface area contributed by atoms with Crippen molar-refractivity contribution in [3.63, 3.8) is 0 Å². The van der Waals surface area contributed by atoms with Crippen LogP contribution in [0.1, 0.15) is 26.7 Å². The Morgan fingerprint density at radius 1 is 1.50 bits per heavy atom. The van der Waals surface area contributed by atoms with Crippen LogP contribution in [0.15, 0.2) is 11.8 Å². The lowest BCUT2D eigenvalue weighted by Crippen LogP contribution is -2.28. The lowest BCUT2D eigenvalue weighted by atomic mass is 9.85. The van der Waals surface area contributed by atoms with Crippen LogP contribution in [0.3, 0.4) is 0 Å². The fourth-order valence-corrected chi connectivity index (χ4v) is 2.42. The SMILES string of the molecule is CC1=COC(=O)[C@@H]2[C@@H](C)CC[C@@H]12. The van der Waals surface area contributed by atoms with Gasteiger partial charge in [-0.05, 0) is 37.2 Å². The second kappa shape index (κ2) is 2.61. The Labute approximate surface area is 72.6 Å². The average molecular weight is 166 g/mol. The molecule has 3 atom stereocenters. The molecule has 1 heterocycles. The fraction of sp³-hybridized carbons (Fsp3) is 0.700. The normalized spacial score (nSPS) is 40.3. The molecule has 0 amide bonds. The van der Waals surface area contributed by atoms with Crippen molar-refractivity contribution in [2.75, 3.05) is 0 Å². The van der Waals surface area contributed by atoms with E-state index >= 15 is 0 Å². The number of esters is 1. The van der Waals surface area contributed by atoms with Crippen LogP contribution in [0.5, 0.6) is 0 Å². The van der Waals surface area contributed by atoms with Crippen molar-refractivity contribution in [1.82, 2.24) is 0 Å². The van der Waals surface area contributed by atoms with Crippen LogP contribution in [-0.2, 0) is 9.53 Å². The molecule has 66 valence electrons. The first-order valence-corrected chi connectivity index (χ1v) is 4.57. The molecule has 0 aromatic rings. The van der Waals surface area contributed by atoms with Crippen LogP contribution < -0.4 is 0 Å². The van der Waals surface area contributed by atoms with E-state index in [1.165, 1.54) is 5.57 Å². The first-order chi connectivity index (χ1) is 5.70. The van der Waals surface area contributed by atoms with Crippen molar-refractivity contribution in [2.24, 2.45) is 17.8 Å². The van der Waals surface area contributed by atoms with E-state index in [1.807, 2.05) is 0 Å². The molecular formula is C10H14O2. The molecule has 1 aliphatic heterocycles. The van der Waals surface area contributed by atoms with E-state index in [9.17, 15) is 4.79 Å². The van der Waals surface area contributed by atoms with Gasteiger partial charge in [-0.15, -0.1) is 0 Å². The highest BCUT2D eigenvalue weighted by Crippen LogP contribution is 2.43. The van der Waals surface area contributed by atoms with E-state index in [0.29, 0.717) is 11.8 Å². The third-order valence-corrected chi connectivity index (χ3v) is 3.20. The summed E-state index contributed by atoms with van der Waals surface area (Å²) in [7, 11) is 0. The zero-order valence-corrected chi connectivity index (χ0v) is 7.54. The molecule has 1 aliphatic carbocycles. The van der Waals surface area contributed by atoms with Crippen LogP contribution in [0.25, 0.3) is 0 Å². The predicted molar refractivity (Wildman–Crippen MR) is 45.2 cm³/mol. The Morgan fingerprint density at radius 2 is 2.25 bits per heavy atom. The minimum Gasteiger partial charge on any atom is -0.434 e. The molecule has 0 N–H and O–H groups in total. The number of hydrogen-bond donors (Lipinski definition) is 0. The van der Waals surface area contributed by atoms with Gasteiger partial charge in [-0.1, -0.05) is 6.92 Å². The molecule has 1 fully saturated rings. The van der Waals surface area contributed by atoms with E-state index in [0.717, 1.165) is 12.8 Å². The standard InChI is InChI=1S/C10H14O2/c1-6-3-4-8-7(2)5-12-10(11)9(6)8/h5-6,8-9H,3-4H2,1-2H3/t6-,8-,9+/m0/s1. The van der Waals surface area contributed by atoms with Gasteiger partial charge in [0.15, 0.2) is 0 Å². The zero-order valence-electron chi connectivity index (χ0n) is 7.54. The van der Waals surface area contributed by atoms with Gasteiger partial charge in [0.25, 0.3) is 0 Å². The molecule has 1 saturated carbocycles. The number of allylic oxidation sites excluding steroid dienone is 1. The largest absolute Gasteiger partial charge is 0.434 e. The second-order valence-electron chi connectivity index (χ2n) is 3.99. The molecule has 0 bridgehead atoms. The second-order valence-corrected chi connectivity index (χ2v) is 3.99. The Morgan fingerprint density at radius 3 is 2.92 bits per heavy atom. The molecule has 12 heavy (non-hydrogen) atoms. The number of ether oxygens (including phenoxy) is 1. The zero-order chi connectivity index (χ0) is 8.72. The highest BCUT2D eigenvalue weighted by Gasteiger charge is 2.42. The third kappa shape index (κ3) is 0.977. The van der Waals surface area contributed by atoms with Gasteiger partial charge in [-0.25, -0.2) is 0 Å². The number of hydrogen-bond acceptors (Lipinski definition) is 2. The highest BCUT2D eigenvalue weighted by molar-refractivity contribution is 5.75. The van der Waals surface area contributed by atoms with Gasteiger partial charge in [-0.2, -0.15) is 0 Å². The summed E-state index contributed by atoms with van der Waals surface area (Å²) in [6.45, 7) is 4.20. The van der Waals surface area contributed by atoms with E-state index in [4.69, 9.17) is 4.74 Å². The number of carbonyl (C=O) groups excluding carboxylic acids is 1. The molecule has 2 nitrogen and oxygen atoms in total. The maximum Gasteiger partial charge on any atom is 0.314 e. The molecular weight excluding hydrogens is 152 g/mol. The molecule has 2 heteroatoms. The summed E-state index contributed by atoms with van der Waals surface area (Å²) in [6, 6.07) is 0. The summed E-state index contributed by atoms with van der Waals surface area (Å²) in [5, 5.41) is 0. The summed E-state index contributed by atoms with van der Waals surface area (Å²) in [5.74, 6) is 1.11. The summed E-state index contributed by atoms with van der Waals surface area (Å²) < 4.78 is 4.97. The van der Waals surface area contributed by atoms with Crippen molar-refractivity contribution in [2.45, 2.75) is 26.7 Å². The van der Waals surface area contributed by atoms with Crippen molar-refractivity contribution in [3.8, 4) is 0 Å². The van der Waals surface area contributed by atoms with Gasteiger partial charge in [0, 0.05) is 0 Å². The van der Waals surface area contributed by atoms with Gasteiger partial charge in [0.1, 0.15) is 0 Å². The molecule has 0 unspecified atom stereocenters. The van der Waals surface area contributed by atoms with Crippen LogP contribution in [0.2, 0.25) is 0 Å². The van der Waals surface area contributed by atoms with Crippen molar-refractivity contribution in [1.29, 1.82) is 0 Å². The summed E-state index contributed by atoms with van der Waals surface area (Å²) in [6.07, 6.45) is 3.94. The van der Waals surface area contributed by atoms with Crippen LogP contribution in [-0.4, -0.2) is 5.97 Å². The molecule has 2 aliphatic rings. The number of cyclic esters (lactones) is 1. The molecule has 0 spiro atoms. The van der Waals surface area contributed by atoms with Crippen LogP contribution >= 0.6 is 0 Å². The summed E-state index contributed by atoms with van der Waals surface area (Å²) in [4.78, 5) is 11.4. The molecule has 0 aromatic carbocycles. The fourth-order valence-electron chi connectivity index (χ4n) is 2.42. The summed E-state index contributed by atoms with van der Waals surface area (Å²) in [5.41, 5.74) is 1.24. The van der Waals surface area contributed by atoms with E-state index in [2.05, 4.69) is 13.8 Å². The maximum atomic E-state index is 11.4. The van der Waals surface area contributed by atoms with E-state index < -0.39 is 0 Å². The predicted octanol–water partition coefficient (Wildman–Crippen LogP) is 2.11. The first-order valence-electron chi connectivity index (χ1n) is 4.57. The Bertz CT molecular complexity index is 242. The number of carbonyl (C=O) groups is 1. The molecule has 0 aromatic heterocycles. The topological polar surface area (TPSA) is 26.3 Å². The minimum absolute atomic E-state index is 0.0180. The van der Waals surface area contributed by atoms with Crippen molar-refractivity contribution in [3.05, 3.63) is 11.8 Å². The lowest BCUT2D eigenvalue weighted by molar-refractivity contribution is -0.146. The quantitative estimate of drug-likeness (QED) is 0.515. The smallest absolute Gasteiger partial charge is 0.314 e. The van der Waals surface area contributed by atoms with Crippen molar-refractivity contribution < 1.29 is 9.53 Å². The number of fused-ring (bicyclic) bond motifs is 1. The van der Waals surface area contributed by atoms with Crippen LogP contribution in [0, 0.1) is 17.8 Å². The Hall–Kier alpha value is -0.790. The minimum atomic E-state index is -0.0180. The maximum absolute atomic E-state index is 11.4. The Kier molecular flexibility index (Phi) is 1.71. The van der Waals surface area contributed by atoms with Crippen LogP contribution in [0.4, 0.5) is 0 Å². The Balaban J connectivity index is 2.29. The van der Waals surface area contributed by atoms with Gasteiger partial charge in [0.2, 0.25) is 0 Å². The van der Waals surface area contributed by atoms with E-state index in [-0.39, 0.29) is 11.9 Å². The van der Waals surface area contributed by atoms with Gasteiger partial charge in [-0.3, -0.25) is 4.79 Å². The van der Waals surface area contributed by atoms with Gasteiger partial charge < -0.3 is 4.74 Å². The third-order valence-electron chi connectivity index (χ3n) is 3.20. The van der Waals surface area contributed by atoms with Gasteiger partial charge >= 0.3 is 5.97 Å². The summed E-state index contributed by atoms with van der Waals surface area (Å²) >= 11 is 0. The number of rotatable bonds is 0. The van der Waals surface area contributed by atoms with Gasteiger partial charge in [0.05, 0.1) is 12.2 Å². The monoisotopic (exact) mass is 166 g/mol. The molecule has 2 rings (SSSR count). The van der Waals surface area contributed by atoms with Crippen molar-refractivity contribution >= 4 is 5.97 Å². The average Bonchev–Trinajstić information content (AvgIpc) is 2.42. The lowest BCUT2D eigenvalue weighted by Gasteiger charge is -2.25. The highest BCUT2D eigenvalue weighted by atomic mass is 16.5. The molecule has 0 radical (unpaired) electrons. The molecule has 0 saturated heterocycles. The van der Waals surface area contributed by atoms with E-state index in [1.54, 1.807) is 6.26 Å².